The lowest BCUT2D eigenvalue weighted by atomic mass is 10.1. The number of carbonyl (C=O) groups excluding carboxylic acids is 1. The Labute approximate surface area is 169 Å². The minimum atomic E-state index is 0.0530. The number of hydrogen-bond donors (Lipinski definition) is 1. The molecule has 2 aromatic heterocycles. The molecule has 0 radical (unpaired) electrons. The highest BCUT2D eigenvalue weighted by Gasteiger charge is 2.21. The third-order valence-electron chi connectivity index (χ3n) is 5.18. The van der Waals surface area contributed by atoms with Gasteiger partial charge in [0, 0.05) is 30.8 Å². The lowest BCUT2D eigenvalue weighted by Crippen LogP contribution is -2.36. The highest BCUT2D eigenvalue weighted by molar-refractivity contribution is 7.09. The zero-order chi connectivity index (χ0) is 19.3. The third-order valence-corrected chi connectivity index (χ3v) is 6.00. The van der Waals surface area contributed by atoms with Crippen molar-refractivity contribution >= 4 is 17.2 Å². The average molecular weight is 396 g/mol. The van der Waals surface area contributed by atoms with Crippen LogP contribution in [0.25, 0.3) is 0 Å². The van der Waals surface area contributed by atoms with Crippen LogP contribution in [-0.4, -0.2) is 31.7 Å². The number of nitrogens with zero attached hydrogens (tertiary/aromatic N) is 4. The van der Waals surface area contributed by atoms with E-state index in [-0.39, 0.29) is 11.9 Å². The molecule has 3 heterocycles. The van der Waals surface area contributed by atoms with Gasteiger partial charge in [0.1, 0.15) is 11.6 Å². The van der Waals surface area contributed by atoms with E-state index in [1.54, 1.807) is 11.3 Å². The minimum absolute atomic E-state index is 0.0530. The first-order valence-corrected chi connectivity index (χ1v) is 10.7. The number of benzene rings is 1. The zero-order valence-electron chi connectivity index (χ0n) is 16.1. The molecule has 4 rings (SSSR count). The van der Waals surface area contributed by atoms with Crippen molar-refractivity contribution in [1.29, 1.82) is 0 Å². The molecule has 0 spiro atoms. The summed E-state index contributed by atoms with van der Waals surface area (Å²) in [7, 11) is 0. The molecule has 0 bridgehead atoms. The van der Waals surface area contributed by atoms with E-state index in [1.165, 1.54) is 5.56 Å². The van der Waals surface area contributed by atoms with Crippen LogP contribution in [0.5, 0.6) is 0 Å². The summed E-state index contributed by atoms with van der Waals surface area (Å²) in [6.45, 7) is 2.81. The van der Waals surface area contributed by atoms with Crippen LogP contribution < -0.4 is 5.32 Å². The first kappa shape index (κ1) is 18.8. The molecule has 1 aliphatic heterocycles. The lowest BCUT2D eigenvalue weighted by molar-refractivity contribution is -0.121. The summed E-state index contributed by atoms with van der Waals surface area (Å²) < 4.78 is 2.25. The first-order chi connectivity index (χ1) is 13.7. The molecule has 1 aliphatic rings. The molecule has 1 unspecified atom stereocenters. The Kier molecular flexibility index (Phi) is 5.81. The summed E-state index contributed by atoms with van der Waals surface area (Å²) in [4.78, 5) is 16.7. The van der Waals surface area contributed by atoms with Crippen LogP contribution >= 0.6 is 11.3 Å². The number of nitrogens with one attached hydrogen (secondary N) is 1. The Hall–Kier alpha value is -2.54. The molecule has 0 saturated carbocycles. The van der Waals surface area contributed by atoms with Crippen molar-refractivity contribution < 1.29 is 4.79 Å². The molecule has 1 atom stereocenters. The SMILES string of the molecule is Cc1nc(CC(=O)NC2CCc3nnc(CCc4ccccc4)n3CC2)cs1. The standard InChI is InChI=1S/C21H25N5OS/c1-15-22-18(14-28-15)13-21(27)23-17-8-10-20-25-24-19(26(20)12-11-17)9-7-16-5-3-2-4-6-16/h2-6,14,17H,7-13H2,1H3,(H,23,27). The number of carbonyl (C=O) groups is 1. The van der Waals surface area contributed by atoms with Gasteiger partial charge in [-0.2, -0.15) is 0 Å². The fraction of sp³-hybridized carbons (Fsp3) is 0.429. The van der Waals surface area contributed by atoms with Gasteiger partial charge in [0.15, 0.2) is 0 Å². The van der Waals surface area contributed by atoms with Gasteiger partial charge in [-0.3, -0.25) is 4.79 Å². The Balaban J connectivity index is 1.32. The van der Waals surface area contributed by atoms with Gasteiger partial charge < -0.3 is 9.88 Å². The number of hydrogen-bond acceptors (Lipinski definition) is 5. The molecule has 0 aliphatic carbocycles. The van der Waals surface area contributed by atoms with Gasteiger partial charge in [0.2, 0.25) is 5.91 Å². The molecule has 3 aromatic rings. The van der Waals surface area contributed by atoms with Crippen LogP contribution in [0.15, 0.2) is 35.7 Å². The molecule has 7 heteroatoms. The van der Waals surface area contributed by atoms with Crippen molar-refractivity contribution in [2.24, 2.45) is 0 Å². The second-order valence-corrected chi connectivity index (χ2v) is 8.36. The van der Waals surface area contributed by atoms with E-state index in [1.807, 2.05) is 18.4 Å². The Morgan fingerprint density at radius 1 is 1.21 bits per heavy atom. The second kappa shape index (κ2) is 8.65. The van der Waals surface area contributed by atoms with Gasteiger partial charge in [-0.15, -0.1) is 21.5 Å². The minimum Gasteiger partial charge on any atom is -0.353 e. The van der Waals surface area contributed by atoms with Crippen molar-refractivity contribution in [1.82, 2.24) is 25.1 Å². The van der Waals surface area contributed by atoms with Gasteiger partial charge in [-0.1, -0.05) is 30.3 Å². The fourth-order valence-electron chi connectivity index (χ4n) is 3.71. The van der Waals surface area contributed by atoms with Crippen molar-refractivity contribution in [3.8, 4) is 0 Å². The van der Waals surface area contributed by atoms with Gasteiger partial charge in [0.05, 0.1) is 17.1 Å². The molecular weight excluding hydrogens is 370 g/mol. The number of aryl methyl sites for hydroxylation is 4. The van der Waals surface area contributed by atoms with E-state index < -0.39 is 0 Å². The lowest BCUT2D eigenvalue weighted by Gasteiger charge is -2.16. The number of rotatable bonds is 6. The summed E-state index contributed by atoms with van der Waals surface area (Å²) in [5.41, 5.74) is 2.17. The highest BCUT2D eigenvalue weighted by atomic mass is 32.1. The molecule has 28 heavy (non-hydrogen) atoms. The maximum atomic E-state index is 12.4. The van der Waals surface area contributed by atoms with Gasteiger partial charge in [-0.05, 0) is 31.7 Å². The highest BCUT2D eigenvalue weighted by Crippen LogP contribution is 2.17. The largest absolute Gasteiger partial charge is 0.353 e. The Morgan fingerprint density at radius 3 is 2.86 bits per heavy atom. The van der Waals surface area contributed by atoms with Crippen molar-refractivity contribution in [3.63, 3.8) is 0 Å². The summed E-state index contributed by atoms with van der Waals surface area (Å²) in [5.74, 6) is 2.14. The van der Waals surface area contributed by atoms with Gasteiger partial charge in [0.25, 0.3) is 0 Å². The van der Waals surface area contributed by atoms with Crippen molar-refractivity contribution in [3.05, 3.63) is 63.6 Å². The summed E-state index contributed by atoms with van der Waals surface area (Å²) in [6.07, 6.45) is 4.86. The zero-order valence-corrected chi connectivity index (χ0v) is 16.9. The Morgan fingerprint density at radius 2 is 2.07 bits per heavy atom. The summed E-state index contributed by atoms with van der Waals surface area (Å²) in [5, 5.41) is 15.0. The van der Waals surface area contributed by atoms with Crippen LogP contribution in [0.1, 0.15) is 40.8 Å². The normalized spacial score (nSPS) is 16.4. The topological polar surface area (TPSA) is 72.7 Å². The quantitative estimate of drug-likeness (QED) is 0.697. The fourth-order valence-corrected chi connectivity index (χ4v) is 4.32. The molecule has 6 nitrogen and oxygen atoms in total. The predicted octanol–water partition coefficient (Wildman–Crippen LogP) is 2.89. The van der Waals surface area contributed by atoms with Gasteiger partial charge in [-0.25, -0.2) is 4.98 Å². The van der Waals surface area contributed by atoms with Crippen LogP contribution in [-0.2, 0) is 37.0 Å². The number of amides is 1. The monoisotopic (exact) mass is 395 g/mol. The molecule has 0 fully saturated rings. The van der Waals surface area contributed by atoms with E-state index in [2.05, 4.69) is 49.3 Å². The third kappa shape index (κ3) is 4.65. The number of thiazole rings is 1. The maximum absolute atomic E-state index is 12.4. The van der Waals surface area contributed by atoms with Crippen LogP contribution in [0.4, 0.5) is 0 Å². The summed E-state index contributed by atoms with van der Waals surface area (Å²) in [6, 6.07) is 10.6. The van der Waals surface area contributed by atoms with Crippen molar-refractivity contribution in [2.75, 3.05) is 0 Å². The van der Waals surface area contributed by atoms with Crippen molar-refractivity contribution in [2.45, 2.75) is 58.0 Å². The molecule has 0 saturated heterocycles. The van der Waals surface area contributed by atoms with Crippen LogP contribution in [0.2, 0.25) is 0 Å². The van der Waals surface area contributed by atoms with E-state index in [0.29, 0.717) is 6.42 Å². The van der Waals surface area contributed by atoms with E-state index in [4.69, 9.17) is 0 Å². The van der Waals surface area contributed by atoms with E-state index in [9.17, 15) is 4.79 Å². The molecule has 1 aromatic carbocycles. The van der Waals surface area contributed by atoms with Crippen LogP contribution in [0, 0.1) is 6.92 Å². The number of fused-ring (bicyclic) bond motifs is 1. The van der Waals surface area contributed by atoms with E-state index >= 15 is 0 Å². The van der Waals surface area contributed by atoms with E-state index in [0.717, 1.165) is 61.0 Å². The van der Waals surface area contributed by atoms with Crippen LogP contribution in [0.3, 0.4) is 0 Å². The first-order valence-electron chi connectivity index (χ1n) is 9.82. The molecular formula is C21H25N5OS. The average Bonchev–Trinajstić information content (AvgIpc) is 3.22. The smallest absolute Gasteiger partial charge is 0.226 e. The van der Waals surface area contributed by atoms with Gasteiger partial charge >= 0.3 is 0 Å². The predicted molar refractivity (Wildman–Crippen MR) is 109 cm³/mol. The second-order valence-electron chi connectivity index (χ2n) is 7.30. The summed E-state index contributed by atoms with van der Waals surface area (Å²) >= 11 is 1.58. The number of aromatic nitrogens is 4. The molecule has 1 N–H and O–H groups in total. The Bertz CT molecular complexity index is 933. The molecule has 1 amide bonds. The maximum Gasteiger partial charge on any atom is 0.226 e. The molecule has 146 valence electrons.